The van der Waals surface area contributed by atoms with Gasteiger partial charge in [-0.05, 0) is 31.2 Å². The largest absolute Gasteiger partial charge is 0.494 e. The Bertz CT molecular complexity index is 718. The molecule has 0 aliphatic heterocycles. The number of ether oxygens (including phenoxy) is 1. The summed E-state index contributed by atoms with van der Waals surface area (Å²) >= 11 is 0. The molecule has 1 heterocycles. The van der Waals surface area contributed by atoms with Crippen LogP contribution in [0.1, 0.15) is 5.56 Å². The minimum atomic E-state index is -3.86. The minimum absolute atomic E-state index is 0.00496. The van der Waals surface area contributed by atoms with E-state index in [4.69, 9.17) is 4.74 Å². The van der Waals surface area contributed by atoms with Crippen LogP contribution in [0.4, 0.5) is 10.1 Å². The summed E-state index contributed by atoms with van der Waals surface area (Å²) < 4.78 is 45.6. The molecule has 7 heteroatoms. The van der Waals surface area contributed by atoms with Crippen LogP contribution in [0.2, 0.25) is 0 Å². The third kappa shape index (κ3) is 2.72. The molecule has 1 aromatic heterocycles. The molecule has 1 N–H and O–H groups in total. The maximum atomic E-state index is 13.9. The van der Waals surface area contributed by atoms with Crippen LogP contribution in [0.5, 0.6) is 5.75 Å². The maximum absolute atomic E-state index is 13.9. The van der Waals surface area contributed by atoms with E-state index in [9.17, 15) is 12.8 Å². The van der Waals surface area contributed by atoms with E-state index in [1.165, 1.54) is 50.7 Å². The van der Waals surface area contributed by atoms with Gasteiger partial charge in [-0.15, -0.1) is 0 Å². The van der Waals surface area contributed by atoms with Gasteiger partial charge in [0.05, 0.1) is 17.7 Å². The number of hydrogen-bond acceptors (Lipinski definition) is 4. The average Bonchev–Trinajstić information content (AvgIpc) is 2.42. The highest BCUT2D eigenvalue weighted by molar-refractivity contribution is 7.92. The number of nitrogens with one attached hydrogen (secondary N) is 1. The molecule has 1 aromatic carbocycles. The molecule has 2 rings (SSSR count). The summed E-state index contributed by atoms with van der Waals surface area (Å²) in [4.78, 5) is 3.66. The van der Waals surface area contributed by atoms with Gasteiger partial charge in [0.15, 0.2) is 11.6 Å². The van der Waals surface area contributed by atoms with Crippen molar-refractivity contribution in [3.63, 3.8) is 0 Å². The van der Waals surface area contributed by atoms with Crippen molar-refractivity contribution in [1.29, 1.82) is 0 Å². The number of pyridine rings is 1. The number of nitrogens with zero attached hydrogens (tertiary/aromatic N) is 1. The summed E-state index contributed by atoms with van der Waals surface area (Å²) in [5.41, 5.74) is 0.363. The highest BCUT2D eigenvalue weighted by Gasteiger charge is 2.21. The van der Waals surface area contributed by atoms with Gasteiger partial charge in [-0.2, -0.15) is 0 Å². The predicted octanol–water partition coefficient (Wildman–Crippen LogP) is 2.34. The van der Waals surface area contributed by atoms with Gasteiger partial charge in [0.25, 0.3) is 10.0 Å². The average molecular weight is 296 g/mol. The van der Waals surface area contributed by atoms with Gasteiger partial charge < -0.3 is 4.74 Å². The fourth-order valence-corrected chi connectivity index (χ4v) is 3.02. The lowest BCUT2D eigenvalue weighted by molar-refractivity contribution is 0.384. The Kier molecular flexibility index (Phi) is 3.89. The van der Waals surface area contributed by atoms with Crippen molar-refractivity contribution in [1.82, 2.24) is 4.98 Å². The molecule has 0 fully saturated rings. The quantitative estimate of drug-likeness (QED) is 0.940. The van der Waals surface area contributed by atoms with Crippen LogP contribution in [0.3, 0.4) is 0 Å². The van der Waals surface area contributed by atoms with Crippen LogP contribution >= 0.6 is 0 Å². The SMILES string of the molecule is COc1ccc(S(=O)(=O)Nc2ccncc2)c(C)c1F. The normalized spacial score (nSPS) is 11.2. The van der Waals surface area contributed by atoms with Gasteiger partial charge in [-0.1, -0.05) is 0 Å². The van der Waals surface area contributed by atoms with Crippen LogP contribution in [0.25, 0.3) is 0 Å². The molecule has 0 saturated carbocycles. The highest BCUT2D eigenvalue weighted by Crippen LogP contribution is 2.27. The van der Waals surface area contributed by atoms with E-state index in [-0.39, 0.29) is 16.2 Å². The van der Waals surface area contributed by atoms with E-state index < -0.39 is 15.8 Å². The molecule has 0 amide bonds. The van der Waals surface area contributed by atoms with E-state index in [2.05, 4.69) is 9.71 Å². The standard InChI is InChI=1S/C13H13FN2O3S/c1-9-12(4-3-11(19-2)13(9)14)20(17,18)16-10-5-7-15-8-6-10/h3-8H,1-2H3,(H,15,16). The lowest BCUT2D eigenvalue weighted by Crippen LogP contribution is -2.15. The molecule has 106 valence electrons. The number of aromatic nitrogens is 1. The molecule has 5 nitrogen and oxygen atoms in total. The Morgan fingerprint density at radius 2 is 1.85 bits per heavy atom. The summed E-state index contributed by atoms with van der Waals surface area (Å²) in [6, 6.07) is 5.60. The van der Waals surface area contributed by atoms with Crippen molar-refractivity contribution in [3.8, 4) is 5.75 Å². The minimum Gasteiger partial charge on any atom is -0.494 e. The van der Waals surface area contributed by atoms with Gasteiger partial charge in [0, 0.05) is 18.0 Å². The first-order chi connectivity index (χ1) is 9.45. The summed E-state index contributed by atoms with van der Waals surface area (Å²) in [5.74, 6) is -0.685. The van der Waals surface area contributed by atoms with Crippen LogP contribution in [-0.2, 0) is 10.0 Å². The summed E-state index contributed by atoms with van der Waals surface area (Å²) in [6.45, 7) is 1.39. The van der Waals surface area contributed by atoms with Gasteiger partial charge in [-0.25, -0.2) is 12.8 Å². The number of methoxy groups -OCH3 is 1. The Balaban J connectivity index is 2.43. The fourth-order valence-electron chi connectivity index (χ4n) is 1.72. The second-order valence-corrected chi connectivity index (χ2v) is 5.70. The van der Waals surface area contributed by atoms with E-state index in [1.807, 2.05) is 0 Å². The first kappa shape index (κ1) is 14.3. The molecular formula is C13H13FN2O3S. The van der Waals surface area contributed by atoms with Crippen molar-refractivity contribution in [3.05, 3.63) is 48.0 Å². The number of sulfonamides is 1. The van der Waals surface area contributed by atoms with Gasteiger partial charge in [0.2, 0.25) is 0 Å². The van der Waals surface area contributed by atoms with Crippen molar-refractivity contribution >= 4 is 15.7 Å². The van der Waals surface area contributed by atoms with Gasteiger partial charge in [0.1, 0.15) is 0 Å². The maximum Gasteiger partial charge on any atom is 0.262 e. The molecule has 0 aliphatic carbocycles. The fraction of sp³-hybridized carbons (Fsp3) is 0.154. The third-order valence-corrected chi connectivity index (χ3v) is 4.27. The monoisotopic (exact) mass is 296 g/mol. The Labute approximate surface area is 116 Å². The van der Waals surface area contributed by atoms with Crippen LogP contribution in [0, 0.1) is 12.7 Å². The summed E-state index contributed by atoms with van der Waals surface area (Å²) in [6.07, 6.45) is 2.92. The van der Waals surface area contributed by atoms with Gasteiger partial charge >= 0.3 is 0 Å². The zero-order valence-corrected chi connectivity index (χ0v) is 11.7. The predicted molar refractivity (Wildman–Crippen MR) is 72.7 cm³/mol. The number of rotatable bonds is 4. The van der Waals surface area contributed by atoms with E-state index in [1.54, 1.807) is 0 Å². The van der Waals surface area contributed by atoms with Crippen molar-refractivity contribution in [2.45, 2.75) is 11.8 Å². The van der Waals surface area contributed by atoms with E-state index in [0.717, 1.165) is 0 Å². The molecule has 0 radical (unpaired) electrons. The lowest BCUT2D eigenvalue weighted by atomic mass is 10.2. The zero-order chi connectivity index (χ0) is 14.8. The smallest absolute Gasteiger partial charge is 0.262 e. The second-order valence-electron chi connectivity index (χ2n) is 4.05. The first-order valence-electron chi connectivity index (χ1n) is 5.71. The number of anilines is 1. The van der Waals surface area contributed by atoms with E-state index in [0.29, 0.717) is 5.69 Å². The van der Waals surface area contributed by atoms with Crippen LogP contribution in [-0.4, -0.2) is 20.5 Å². The molecule has 0 spiro atoms. The number of halogens is 1. The number of benzene rings is 1. The Hall–Kier alpha value is -2.15. The summed E-state index contributed by atoms with van der Waals surface area (Å²) in [7, 11) is -2.54. The van der Waals surface area contributed by atoms with Crippen LogP contribution in [0.15, 0.2) is 41.6 Å². The Morgan fingerprint density at radius 3 is 2.45 bits per heavy atom. The lowest BCUT2D eigenvalue weighted by Gasteiger charge is -2.12. The van der Waals surface area contributed by atoms with Gasteiger partial charge in [-0.3, -0.25) is 9.71 Å². The second kappa shape index (κ2) is 5.46. The zero-order valence-electron chi connectivity index (χ0n) is 10.9. The van der Waals surface area contributed by atoms with Crippen molar-refractivity contribution in [2.75, 3.05) is 11.8 Å². The number of hydrogen-bond donors (Lipinski definition) is 1. The van der Waals surface area contributed by atoms with E-state index >= 15 is 0 Å². The topological polar surface area (TPSA) is 68.3 Å². The summed E-state index contributed by atoms with van der Waals surface area (Å²) in [5, 5.41) is 0. The molecule has 20 heavy (non-hydrogen) atoms. The Morgan fingerprint density at radius 1 is 1.20 bits per heavy atom. The molecule has 0 unspecified atom stereocenters. The molecule has 0 atom stereocenters. The third-order valence-electron chi connectivity index (χ3n) is 2.74. The molecule has 2 aromatic rings. The van der Waals surface area contributed by atoms with Crippen LogP contribution < -0.4 is 9.46 Å². The molecule has 0 bridgehead atoms. The van der Waals surface area contributed by atoms with Crippen molar-refractivity contribution < 1.29 is 17.5 Å². The molecular weight excluding hydrogens is 283 g/mol. The molecule has 0 saturated heterocycles. The van der Waals surface area contributed by atoms with Crippen molar-refractivity contribution in [2.24, 2.45) is 0 Å². The molecule has 0 aliphatic rings. The first-order valence-corrected chi connectivity index (χ1v) is 7.20. The highest BCUT2D eigenvalue weighted by atomic mass is 32.2.